The number of nitrogens with zero attached hydrogens (tertiary/aromatic N) is 3. The summed E-state index contributed by atoms with van der Waals surface area (Å²) in [6.07, 6.45) is 2.29. The Hall–Kier alpha value is -1.13. The molecular weight excluding hydrogens is 472 g/mol. The van der Waals surface area contributed by atoms with Crippen molar-refractivity contribution in [3.63, 3.8) is 0 Å². The lowest BCUT2D eigenvalue weighted by molar-refractivity contribution is 0.223. The topological polar surface area (TPSA) is 52.1 Å². The van der Waals surface area contributed by atoms with E-state index in [-0.39, 0.29) is 35.9 Å². The third kappa shape index (κ3) is 9.88. The Morgan fingerprint density at radius 1 is 1.18 bits per heavy atom. The Labute approximate surface area is 185 Å². The molecule has 1 fully saturated rings. The minimum absolute atomic E-state index is 0. The maximum Gasteiger partial charge on any atom is 0.191 e. The van der Waals surface area contributed by atoms with Gasteiger partial charge in [0.1, 0.15) is 17.7 Å². The van der Waals surface area contributed by atoms with E-state index >= 15 is 0 Å². The van der Waals surface area contributed by atoms with Gasteiger partial charge in [0.05, 0.1) is 6.54 Å². The lowest BCUT2D eigenvalue weighted by atomic mass is 10.3. The van der Waals surface area contributed by atoms with E-state index in [9.17, 15) is 4.39 Å². The highest BCUT2D eigenvalue weighted by Crippen LogP contribution is 2.12. The number of guanidine groups is 1. The minimum Gasteiger partial charge on any atom is -0.489 e. The van der Waals surface area contributed by atoms with Crippen LogP contribution in [0.3, 0.4) is 0 Å². The lowest BCUT2D eigenvalue weighted by Gasteiger charge is -2.21. The van der Waals surface area contributed by atoms with Crippen molar-refractivity contribution in [2.45, 2.75) is 25.9 Å². The van der Waals surface area contributed by atoms with Crippen molar-refractivity contribution in [2.24, 2.45) is 4.99 Å². The highest BCUT2D eigenvalue weighted by Gasteiger charge is 2.11. The molecule has 160 valence electrons. The van der Waals surface area contributed by atoms with E-state index in [1.165, 1.54) is 31.6 Å². The fraction of sp³-hybridized carbons (Fsp3) is 0.650. The van der Waals surface area contributed by atoms with Crippen LogP contribution in [0.2, 0.25) is 0 Å². The molecule has 2 rings (SSSR count). The van der Waals surface area contributed by atoms with E-state index in [1.54, 1.807) is 19.2 Å². The predicted molar refractivity (Wildman–Crippen MR) is 124 cm³/mol. The molecule has 0 saturated carbocycles. The van der Waals surface area contributed by atoms with Gasteiger partial charge in [-0.3, -0.25) is 4.99 Å². The van der Waals surface area contributed by atoms with Gasteiger partial charge in [0.2, 0.25) is 0 Å². The maximum atomic E-state index is 12.9. The summed E-state index contributed by atoms with van der Waals surface area (Å²) in [7, 11) is 3.97. The number of likely N-dealkylation sites (N-methyl/N-ethyl adjacent to an activating group) is 1. The van der Waals surface area contributed by atoms with Gasteiger partial charge in [-0.25, -0.2) is 4.39 Å². The summed E-state index contributed by atoms with van der Waals surface area (Å²) in [5.74, 6) is 1.18. The van der Waals surface area contributed by atoms with E-state index in [4.69, 9.17) is 4.74 Å². The molecule has 0 aliphatic carbocycles. The summed E-state index contributed by atoms with van der Waals surface area (Å²) in [6.45, 7) is 9.29. The summed E-state index contributed by atoms with van der Waals surface area (Å²) in [6, 6.07) is 6.08. The molecule has 1 aromatic carbocycles. The molecule has 0 spiro atoms. The smallest absolute Gasteiger partial charge is 0.191 e. The van der Waals surface area contributed by atoms with Crippen LogP contribution >= 0.6 is 24.0 Å². The van der Waals surface area contributed by atoms with Gasteiger partial charge in [0.15, 0.2) is 5.96 Å². The molecule has 0 radical (unpaired) electrons. The van der Waals surface area contributed by atoms with Gasteiger partial charge in [-0.05, 0) is 70.7 Å². The highest BCUT2D eigenvalue weighted by atomic mass is 127. The van der Waals surface area contributed by atoms with Crippen molar-refractivity contribution in [2.75, 3.05) is 59.9 Å². The molecule has 1 saturated heterocycles. The number of ether oxygens (including phenoxy) is 1. The SMILES string of the molecule is CN=C(NCCCN1CCCN(C)CC1)NCC(C)Oc1ccc(F)cc1.I. The van der Waals surface area contributed by atoms with Crippen LogP contribution < -0.4 is 15.4 Å². The fourth-order valence-corrected chi connectivity index (χ4v) is 3.08. The molecule has 8 heteroatoms. The van der Waals surface area contributed by atoms with Crippen LogP contribution in [0.1, 0.15) is 19.8 Å². The number of aliphatic imine (C=N–C) groups is 1. The fourth-order valence-electron chi connectivity index (χ4n) is 3.08. The van der Waals surface area contributed by atoms with Crippen LogP contribution in [0, 0.1) is 5.82 Å². The molecule has 1 aliphatic rings. The summed E-state index contributed by atoms with van der Waals surface area (Å²) >= 11 is 0. The normalized spacial score (nSPS) is 17.4. The van der Waals surface area contributed by atoms with Crippen LogP contribution in [-0.4, -0.2) is 81.8 Å². The van der Waals surface area contributed by atoms with Crippen molar-refractivity contribution in [3.8, 4) is 5.75 Å². The monoisotopic (exact) mass is 507 g/mol. The number of hydrogen-bond acceptors (Lipinski definition) is 4. The van der Waals surface area contributed by atoms with E-state index < -0.39 is 0 Å². The van der Waals surface area contributed by atoms with Crippen molar-refractivity contribution in [1.82, 2.24) is 20.4 Å². The number of hydrogen-bond donors (Lipinski definition) is 2. The third-order valence-electron chi connectivity index (χ3n) is 4.69. The minimum atomic E-state index is -0.259. The van der Waals surface area contributed by atoms with Crippen LogP contribution in [0.5, 0.6) is 5.75 Å². The molecule has 28 heavy (non-hydrogen) atoms. The molecule has 0 amide bonds. The molecule has 1 heterocycles. The van der Waals surface area contributed by atoms with E-state index in [0.717, 1.165) is 38.6 Å². The summed E-state index contributed by atoms with van der Waals surface area (Å²) in [5.41, 5.74) is 0. The Morgan fingerprint density at radius 2 is 1.93 bits per heavy atom. The van der Waals surface area contributed by atoms with Crippen molar-refractivity contribution >= 4 is 29.9 Å². The number of nitrogens with one attached hydrogen (secondary N) is 2. The van der Waals surface area contributed by atoms with Gasteiger partial charge >= 0.3 is 0 Å². The van der Waals surface area contributed by atoms with E-state index in [1.807, 2.05) is 6.92 Å². The number of halogens is 2. The molecule has 1 unspecified atom stereocenters. The zero-order valence-electron chi connectivity index (χ0n) is 17.3. The van der Waals surface area contributed by atoms with Crippen LogP contribution in [0.4, 0.5) is 4.39 Å². The summed E-state index contributed by atoms with van der Waals surface area (Å²) in [5, 5.41) is 6.63. The van der Waals surface area contributed by atoms with Crippen LogP contribution in [0.15, 0.2) is 29.3 Å². The molecule has 6 nitrogen and oxygen atoms in total. The van der Waals surface area contributed by atoms with Gasteiger partial charge in [0, 0.05) is 26.7 Å². The molecule has 1 aromatic rings. The van der Waals surface area contributed by atoms with Crippen molar-refractivity contribution in [1.29, 1.82) is 0 Å². The molecule has 0 bridgehead atoms. The molecule has 0 aromatic heterocycles. The van der Waals surface area contributed by atoms with Gasteiger partial charge in [0.25, 0.3) is 0 Å². The summed E-state index contributed by atoms with van der Waals surface area (Å²) < 4.78 is 18.7. The largest absolute Gasteiger partial charge is 0.489 e. The standard InChI is InChI=1S/C20H34FN5O.HI/c1-17(27-19-8-6-18(21)7-9-19)16-24-20(22-2)23-10-4-12-26-13-5-11-25(3)14-15-26;/h6-9,17H,4-5,10-16H2,1-3H3,(H2,22,23,24);1H. The average Bonchev–Trinajstić information content (AvgIpc) is 2.87. The zero-order valence-corrected chi connectivity index (χ0v) is 19.6. The Balaban J connectivity index is 0.00000392. The highest BCUT2D eigenvalue weighted by molar-refractivity contribution is 14.0. The van der Waals surface area contributed by atoms with Crippen LogP contribution in [0.25, 0.3) is 0 Å². The second-order valence-electron chi connectivity index (χ2n) is 7.11. The molecule has 1 atom stereocenters. The Bertz CT molecular complexity index is 572. The van der Waals surface area contributed by atoms with E-state index in [2.05, 4.69) is 32.5 Å². The van der Waals surface area contributed by atoms with Gasteiger partial charge < -0.3 is 25.2 Å². The first kappa shape index (κ1) is 24.9. The van der Waals surface area contributed by atoms with Gasteiger partial charge in [-0.2, -0.15) is 0 Å². The Kier molecular flexibility index (Phi) is 12.4. The molecule has 2 N–H and O–H groups in total. The molecule has 1 aliphatic heterocycles. The van der Waals surface area contributed by atoms with Gasteiger partial charge in [-0.15, -0.1) is 24.0 Å². The summed E-state index contributed by atoms with van der Waals surface area (Å²) in [4.78, 5) is 9.20. The van der Waals surface area contributed by atoms with E-state index in [0.29, 0.717) is 12.3 Å². The maximum absolute atomic E-state index is 12.9. The first-order valence-corrected chi connectivity index (χ1v) is 9.84. The second-order valence-corrected chi connectivity index (χ2v) is 7.11. The zero-order chi connectivity index (χ0) is 19.5. The number of benzene rings is 1. The quantitative estimate of drug-likeness (QED) is 0.245. The first-order chi connectivity index (χ1) is 13.1. The predicted octanol–water partition coefficient (Wildman–Crippen LogP) is 2.40. The average molecular weight is 507 g/mol. The van der Waals surface area contributed by atoms with Crippen molar-refractivity contribution in [3.05, 3.63) is 30.1 Å². The molecular formula is C20H35FIN5O. The van der Waals surface area contributed by atoms with Gasteiger partial charge in [-0.1, -0.05) is 0 Å². The Morgan fingerprint density at radius 3 is 2.64 bits per heavy atom. The third-order valence-corrected chi connectivity index (χ3v) is 4.69. The number of rotatable bonds is 8. The first-order valence-electron chi connectivity index (χ1n) is 9.84. The second kappa shape index (κ2) is 13.9. The van der Waals surface area contributed by atoms with Crippen molar-refractivity contribution < 1.29 is 9.13 Å². The lowest BCUT2D eigenvalue weighted by Crippen LogP contribution is -2.42. The van der Waals surface area contributed by atoms with Crippen LogP contribution in [-0.2, 0) is 0 Å².